The molecule has 0 heterocycles. The molecule has 0 rings (SSSR count). The SMILES string of the molecule is C=C/C=C(\OC)C(=O)NCCCCCC(=O)O. The van der Waals surface area contributed by atoms with Crippen molar-refractivity contribution >= 4 is 11.9 Å². The van der Waals surface area contributed by atoms with Gasteiger partial charge in [-0.15, -0.1) is 0 Å². The Morgan fingerprint density at radius 2 is 2.06 bits per heavy atom. The molecule has 17 heavy (non-hydrogen) atoms. The maximum atomic E-state index is 11.5. The Labute approximate surface area is 101 Å². The Balaban J connectivity index is 3.67. The van der Waals surface area contributed by atoms with Crippen LogP contribution in [0.5, 0.6) is 0 Å². The first kappa shape index (κ1) is 15.2. The first-order valence-corrected chi connectivity index (χ1v) is 5.48. The number of methoxy groups -OCH3 is 1. The largest absolute Gasteiger partial charge is 0.491 e. The van der Waals surface area contributed by atoms with Gasteiger partial charge >= 0.3 is 5.97 Å². The molecule has 96 valence electrons. The van der Waals surface area contributed by atoms with Gasteiger partial charge in [-0.3, -0.25) is 9.59 Å². The molecule has 0 aliphatic heterocycles. The molecule has 0 spiro atoms. The van der Waals surface area contributed by atoms with Gasteiger partial charge in [-0.25, -0.2) is 0 Å². The van der Waals surface area contributed by atoms with E-state index in [-0.39, 0.29) is 18.1 Å². The monoisotopic (exact) mass is 241 g/mol. The van der Waals surface area contributed by atoms with Crippen molar-refractivity contribution in [3.8, 4) is 0 Å². The third-order valence-electron chi connectivity index (χ3n) is 2.07. The summed E-state index contributed by atoms with van der Waals surface area (Å²) in [5.41, 5.74) is 0. The van der Waals surface area contributed by atoms with Gasteiger partial charge in [-0.1, -0.05) is 19.1 Å². The highest BCUT2D eigenvalue weighted by Crippen LogP contribution is 2.00. The summed E-state index contributed by atoms with van der Waals surface area (Å²) < 4.78 is 4.86. The number of rotatable bonds is 9. The number of aliphatic carboxylic acids is 1. The van der Waals surface area contributed by atoms with Crippen LogP contribution in [0.2, 0.25) is 0 Å². The van der Waals surface area contributed by atoms with E-state index in [4.69, 9.17) is 9.84 Å². The van der Waals surface area contributed by atoms with Crippen molar-refractivity contribution in [1.82, 2.24) is 5.32 Å². The van der Waals surface area contributed by atoms with Gasteiger partial charge in [-0.2, -0.15) is 0 Å². The van der Waals surface area contributed by atoms with Crippen LogP contribution in [0.3, 0.4) is 0 Å². The minimum atomic E-state index is -0.787. The van der Waals surface area contributed by atoms with Gasteiger partial charge in [0, 0.05) is 13.0 Å². The van der Waals surface area contributed by atoms with Crippen LogP contribution in [-0.4, -0.2) is 30.6 Å². The molecule has 2 N–H and O–H groups in total. The number of hydrogen-bond acceptors (Lipinski definition) is 3. The molecule has 0 bridgehead atoms. The van der Waals surface area contributed by atoms with Crippen molar-refractivity contribution in [2.45, 2.75) is 25.7 Å². The second-order valence-electron chi connectivity index (χ2n) is 3.43. The van der Waals surface area contributed by atoms with Crippen LogP contribution in [-0.2, 0) is 14.3 Å². The summed E-state index contributed by atoms with van der Waals surface area (Å²) >= 11 is 0. The van der Waals surface area contributed by atoms with Gasteiger partial charge in [0.2, 0.25) is 0 Å². The maximum Gasteiger partial charge on any atom is 0.303 e. The summed E-state index contributed by atoms with van der Waals surface area (Å²) in [5, 5.41) is 11.1. The molecule has 5 heteroatoms. The maximum absolute atomic E-state index is 11.5. The van der Waals surface area contributed by atoms with Crippen molar-refractivity contribution < 1.29 is 19.4 Å². The highest BCUT2D eigenvalue weighted by molar-refractivity contribution is 5.91. The summed E-state index contributed by atoms with van der Waals surface area (Å²) in [5.74, 6) is -0.860. The van der Waals surface area contributed by atoms with Gasteiger partial charge in [0.15, 0.2) is 5.76 Å². The summed E-state index contributed by atoms with van der Waals surface area (Å²) in [6.07, 6.45) is 5.30. The van der Waals surface area contributed by atoms with Crippen LogP contribution >= 0.6 is 0 Å². The summed E-state index contributed by atoms with van der Waals surface area (Å²) in [4.78, 5) is 21.7. The minimum Gasteiger partial charge on any atom is -0.491 e. The molecule has 0 saturated carbocycles. The number of allylic oxidation sites excluding steroid dienone is 2. The molecular formula is C12H19NO4. The van der Waals surface area contributed by atoms with E-state index in [0.717, 1.165) is 12.8 Å². The van der Waals surface area contributed by atoms with Crippen molar-refractivity contribution in [1.29, 1.82) is 0 Å². The van der Waals surface area contributed by atoms with Crippen LogP contribution < -0.4 is 5.32 Å². The predicted octanol–water partition coefficient (Wildman–Crippen LogP) is 1.46. The lowest BCUT2D eigenvalue weighted by molar-refractivity contribution is -0.137. The Kier molecular flexibility index (Phi) is 8.46. The van der Waals surface area contributed by atoms with Crippen LogP contribution in [0.1, 0.15) is 25.7 Å². The molecule has 0 aromatic heterocycles. The van der Waals surface area contributed by atoms with Gasteiger partial charge in [0.1, 0.15) is 0 Å². The Hall–Kier alpha value is -1.78. The van der Waals surface area contributed by atoms with Crippen LogP contribution in [0.15, 0.2) is 24.5 Å². The topological polar surface area (TPSA) is 75.6 Å². The molecule has 0 fully saturated rings. The van der Waals surface area contributed by atoms with Crippen LogP contribution in [0.4, 0.5) is 0 Å². The smallest absolute Gasteiger partial charge is 0.303 e. The second kappa shape index (κ2) is 9.45. The lowest BCUT2D eigenvalue weighted by Crippen LogP contribution is -2.26. The van der Waals surface area contributed by atoms with E-state index in [2.05, 4.69) is 11.9 Å². The number of hydrogen-bond donors (Lipinski definition) is 2. The predicted molar refractivity (Wildman–Crippen MR) is 64.4 cm³/mol. The van der Waals surface area contributed by atoms with Crippen molar-refractivity contribution in [2.24, 2.45) is 0 Å². The van der Waals surface area contributed by atoms with Gasteiger partial charge < -0.3 is 15.2 Å². The molecule has 0 aromatic carbocycles. The number of carbonyl (C=O) groups is 2. The number of nitrogens with one attached hydrogen (secondary N) is 1. The molecular weight excluding hydrogens is 222 g/mol. The van der Waals surface area contributed by atoms with Crippen molar-refractivity contribution in [2.75, 3.05) is 13.7 Å². The van der Waals surface area contributed by atoms with Gasteiger partial charge in [-0.05, 0) is 18.9 Å². The molecule has 0 aliphatic carbocycles. The third-order valence-corrected chi connectivity index (χ3v) is 2.07. The molecule has 0 saturated heterocycles. The first-order chi connectivity index (χ1) is 8.11. The summed E-state index contributed by atoms with van der Waals surface area (Å²) in [6, 6.07) is 0. The number of carboxylic acids is 1. The van der Waals surface area contributed by atoms with E-state index in [9.17, 15) is 9.59 Å². The fourth-order valence-corrected chi connectivity index (χ4v) is 1.21. The lowest BCUT2D eigenvalue weighted by Gasteiger charge is -2.06. The number of carbonyl (C=O) groups excluding carboxylic acids is 1. The van der Waals surface area contributed by atoms with E-state index in [1.54, 1.807) is 0 Å². The molecule has 0 aromatic rings. The van der Waals surface area contributed by atoms with E-state index >= 15 is 0 Å². The zero-order valence-electron chi connectivity index (χ0n) is 10.1. The molecule has 0 atom stereocenters. The van der Waals surface area contributed by atoms with Gasteiger partial charge in [0.25, 0.3) is 5.91 Å². The quantitative estimate of drug-likeness (QED) is 0.277. The zero-order valence-corrected chi connectivity index (χ0v) is 10.1. The van der Waals surface area contributed by atoms with Crippen LogP contribution in [0, 0.1) is 0 Å². The van der Waals surface area contributed by atoms with E-state index in [1.165, 1.54) is 19.3 Å². The number of carboxylic acid groups (broad SMARTS) is 1. The molecule has 1 amide bonds. The van der Waals surface area contributed by atoms with Crippen molar-refractivity contribution in [3.63, 3.8) is 0 Å². The highest BCUT2D eigenvalue weighted by Gasteiger charge is 2.07. The third kappa shape index (κ3) is 8.07. The average molecular weight is 241 g/mol. The van der Waals surface area contributed by atoms with Crippen LogP contribution in [0.25, 0.3) is 0 Å². The first-order valence-electron chi connectivity index (χ1n) is 5.48. The lowest BCUT2D eigenvalue weighted by atomic mass is 10.2. The van der Waals surface area contributed by atoms with E-state index in [0.29, 0.717) is 13.0 Å². The number of ether oxygens (including phenoxy) is 1. The second-order valence-corrected chi connectivity index (χ2v) is 3.43. The van der Waals surface area contributed by atoms with Crippen molar-refractivity contribution in [3.05, 3.63) is 24.5 Å². The summed E-state index contributed by atoms with van der Waals surface area (Å²) in [6.45, 7) is 3.99. The van der Waals surface area contributed by atoms with E-state index in [1.807, 2.05) is 0 Å². The average Bonchev–Trinajstić information content (AvgIpc) is 2.29. The molecule has 5 nitrogen and oxygen atoms in total. The fourth-order valence-electron chi connectivity index (χ4n) is 1.21. The molecule has 0 unspecified atom stereocenters. The highest BCUT2D eigenvalue weighted by atomic mass is 16.5. The fraction of sp³-hybridized carbons (Fsp3) is 0.500. The van der Waals surface area contributed by atoms with Gasteiger partial charge in [0.05, 0.1) is 7.11 Å². The molecule has 0 radical (unpaired) electrons. The van der Waals surface area contributed by atoms with E-state index < -0.39 is 5.97 Å². The standard InChI is InChI=1S/C12H19NO4/c1-3-7-10(17-2)12(16)13-9-6-4-5-8-11(14)15/h3,7H,1,4-6,8-9H2,2H3,(H,13,16)(H,14,15)/b10-7-. The molecule has 0 aliphatic rings. The number of unbranched alkanes of at least 4 members (excludes halogenated alkanes) is 2. The minimum absolute atomic E-state index is 0.174. The summed E-state index contributed by atoms with van der Waals surface area (Å²) in [7, 11) is 1.42. The normalized spacial score (nSPS) is 10.8. The Morgan fingerprint density at radius 1 is 1.35 bits per heavy atom. The Morgan fingerprint density at radius 3 is 2.59 bits per heavy atom. The Bertz CT molecular complexity index is 297. The zero-order chi connectivity index (χ0) is 13.1. The number of amides is 1.